The van der Waals surface area contributed by atoms with Crippen molar-refractivity contribution in [1.29, 1.82) is 0 Å². The van der Waals surface area contributed by atoms with Crippen LogP contribution in [0.15, 0.2) is 52.9 Å². The Hall–Kier alpha value is -3.35. The summed E-state index contributed by atoms with van der Waals surface area (Å²) in [6.07, 6.45) is 4.24. The maximum atomic E-state index is 12.2. The summed E-state index contributed by atoms with van der Waals surface area (Å²) in [6.45, 7) is 0.164. The molecule has 150 valence electrons. The Morgan fingerprint density at radius 2 is 1.72 bits per heavy atom. The predicted octanol–water partition coefficient (Wildman–Crippen LogP) is 4.45. The molecule has 3 aromatic rings. The zero-order chi connectivity index (χ0) is 20.1. The minimum absolute atomic E-state index is 0.105. The molecule has 1 N–H and O–H groups in total. The van der Waals surface area contributed by atoms with Crippen LogP contribution < -0.4 is 14.8 Å². The van der Waals surface area contributed by atoms with Crippen LogP contribution in [0, 0.1) is 5.92 Å². The second-order valence-electron chi connectivity index (χ2n) is 7.01. The number of methoxy groups -OCH3 is 1. The second kappa shape index (κ2) is 8.77. The zero-order valence-corrected chi connectivity index (χ0v) is 16.3. The molecular weight excluding hydrogens is 370 g/mol. The van der Waals surface area contributed by atoms with Crippen molar-refractivity contribution in [3.8, 4) is 23.0 Å². The van der Waals surface area contributed by atoms with Gasteiger partial charge in [-0.05, 0) is 61.4 Å². The van der Waals surface area contributed by atoms with Gasteiger partial charge >= 0.3 is 0 Å². The number of anilines is 1. The van der Waals surface area contributed by atoms with E-state index in [0.717, 1.165) is 42.7 Å². The first-order valence-electron chi connectivity index (χ1n) is 9.72. The second-order valence-corrected chi connectivity index (χ2v) is 7.01. The van der Waals surface area contributed by atoms with Crippen molar-refractivity contribution in [2.75, 3.05) is 12.4 Å². The van der Waals surface area contributed by atoms with Crippen LogP contribution >= 0.6 is 0 Å². The molecule has 4 rings (SSSR count). The van der Waals surface area contributed by atoms with Crippen molar-refractivity contribution < 1.29 is 18.7 Å². The number of rotatable bonds is 7. The summed E-state index contributed by atoms with van der Waals surface area (Å²) < 4.78 is 16.5. The number of amides is 1. The summed E-state index contributed by atoms with van der Waals surface area (Å²) in [7, 11) is 1.62. The Morgan fingerprint density at radius 1 is 1.03 bits per heavy atom. The average Bonchev–Trinajstić information content (AvgIpc) is 3.46. The standard InChI is InChI=1S/C22H23N3O4/c1-27-18-10-6-16(7-11-18)22-25-24-20(29-22)14-28-19-12-8-17(9-13-19)23-21(26)15-4-2-3-5-15/h6-13,15H,2-5,14H2,1H3,(H,23,26). The zero-order valence-electron chi connectivity index (χ0n) is 16.3. The number of carbonyl (C=O) groups excluding carboxylic acids is 1. The van der Waals surface area contributed by atoms with E-state index in [2.05, 4.69) is 15.5 Å². The predicted molar refractivity (Wildman–Crippen MR) is 108 cm³/mol. The maximum absolute atomic E-state index is 12.2. The molecule has 1 amide bonds. The Labute approximate surface area is 169 Å². The van der Waals surface area contributed by atoms with Crippen LogP contribution in [-0.4, -0.2) is 23.2 Å². The minimum atomic E-state index is 0.105. The van der Waals surface area contributed by atoms with Gasteiger partial charge in [-0.2, -0.15) is 0 Å². The van der Waals surface area contributed by atoms with E-state index >= 15 is 0 Å². The van der Waals surface area contributed by atoms with E-state index in [1.165, 1.54) is 0 Å². The Bertz CT molecular complexity index is 945. The van der Waals surface area contributed by atoms with Crippen LogP contribution in [0.1, 0.15) is 31.6 Å². The number of nitrogens with zero attached hydrogens (tertiary/aromatic N) is 2. The van der Waals surface area contributed by atoms with E-state index in [1.54, 1.807) is 7.11 Å². The Kier molecular flexibility index (Phi) is 5.74. The third kappa shape index (κ3) is 4.74. The quantitative estimate of drug-likeness (QED) is 0.638. The normalized spacial score (nSPS) is 14.0. The van der Waals surface area contributed by atoms with Gasteiger partial charge in [0.1, 0.15) is 11.5 Å². The highest BCUT2D eigenvalue weighted by atomic mass is 16.5. The van der Waals surface area contributed by atoms with Crippen molar-refractivity contribution in [2.24, 2.45) is 5.92 Å². The first-order chi connectivity index (χ1) is 14.2. The molecule has 0 saturated heterocycles. The third-order valence-electron chi connectivity index (χ3n) is 5.01. The highest BCUT2D eigenvalue weighted by Gasteiger charge is 2.22. The molecule has 0 spiro atoms. The van der Waals surface area contributed by atoms with Gasteiger partial charge in [-0.25, -0.2) is 0 Å². The van der Waals surface area contributed by atoms with Crippen LogP contribution in [-0.2, 0) is 11.4 Å². The molecular formula is C22H23N3O4. The van der Waals surface area contributed by atoms with Crippen LogP contribution in [0.4, 0.5) is 5.69 Å². The molecule has 0 aliphatic heterocycles. The molecule has 29 heavy (non-hydrogen) atoms. The van der Waals surface area contributed by atoms with E-state index < -0.39 is 0 Å². The molecule has 7 nitrogen and oxygen atoms in total. The molecule has 1 aliphatic carbocycles. The summed E-state index contributed by atoms with van der Waals surface area (Å²) in [5.41, 5.74) is 1.58. The number of carbonyl (C=O) groups is 1. The van der Waals surface area contributed by atoms with Crippen LogP contribution in [0.5, 0.6) is 11.5 Å². The van der Waals surface area contributed by atoms with Crippen molar-refractivity contribution in [3.05, 3.63) is 54.4 Å². The van der Waals surface area contributed by atoms with Gasteiger partial charge in [0, 0.05) is 17.2 Å². The summed E-state index contributed by atoms with van der Waals surface area (Å²) in [5.74, 6) is 2.48. The van der Waals surface area contributed by atoms with Crippen molar-refractivity contribution in [3.63, 3.8) is 0 Å². The number of nitrogens with one attached hydrogen (secondary N) is 1. The fraction of sp³-hybridized carbons (Fsp3) is 0.318. The molecule has 1 fully saturated rings. The van der Waals surface area contributed by atoms with E-state index in [9.17, 15) is 4.79 Å². The largest absolute Gasteiger partial charge is 0.497 e. The molecule has 0 unspecified atom stereocenters. The molecule has 2 aromatic carbocycles. The number of hydrogen-bond donors (Lipinski definition) is 1. The fourth-order valence-corrected chi connectivity index (χ4v) is 3.37. The van der Waals surface area contributed by atoms with Gasteiger partial charge in [-0.1, -0.05) is 12.8 Å². The number of aromatic nitrogens is 2. The van der Waals surface area contributed by atoms with Gasteiger partial charge in [-0.3, -0.25) is 4.79 Å². The third-order valence-corrected chi connectivity index (χ3v) is 5.01. The van der Waals surface area contributed by atoms with Crippen LogP contribution in [0.2, 0.25) is 0 Å². The summed E-state index contributed by atoms with van der Waals surface area (Å²) >= 11 is 0. The summed E-state index contributed by atoms with van der Waals surface area (Å²) in [5, 5.41) is 11.0. The van der Waals surface area contributed by atoms with E-state index in [4.69, 9.17) is 13.9 Å². The van der Waals surface area contributed by atoms with E-state index in [0.29, 0.717) is 17.5 Å². The lowest BCUT2D eigenvalue weighted by molar-refractivity contribution is -0.119. The molecule has 1 aliphatic rings. The smallest absolute Gasteiger partial charge is 0.254 e. The number of hydrogen-bond acceptors (Lipinski definition) is 6. The van der Waals surface area contributed by atoms with Gasteiger partial charge in [0.15, 0.2) is 6.61 Å². The molecule has 0 atom stereocenters. The minimum Gasteiger partial charge on any atom is -0.497 e. The lowest BCUT2D eigenvalue weighted by atomic mass is 10.1. The van der Waals surface area contributed by atoms with Crippen LogP contribution in [0.25, 0.3) is 11.5 Å². The lowest BCUT2D eigenvalue weighted by Crippen LogP contribution is -2.20. The Morgan fingerprint density at radius 3 is 2.41 bits per heavy atom. The van der Waals surface area contributed by atoms with Gasteiger partial charge in [0.05, 0.1) is 7.11 Å². The highest BCUT2D eigenvalue weighted by molar-refractivity contribution is 5.92. The lowest BCUT2D eigenvalue weighted by Gasteiger charge is -2.11. The van der Waals surface area contributed by atoms with Crippen LogP contribution in [0.3, 0.4) is 0 Å². The molecule has 0 radical (unpaired) electrons. The summed E-state index contributed by atoms with van der Waals surface area (Å²) in [4.78, 5) is 12.2. The molecule has 1 saturated carbocycles. The van der Waals surface area contributed by atoms with Gasteiger partial charge in [-0.15, -0.1) is 10.2 Å². The van der Waals surface area contributed by atoms with Crippen molar-refractivity contribution in [2.45, 2.75) is 32.3 Å². The molecule has 1 heterocycles. The number of ether oxygens (including phenoxy) is 2. The molecule has 0 bridgehead atoms. The summed E-state index contributed by atoms with van der Waals surface area (Å²) in [6, 6.07) is 14.7. The van der Waals surface area contributed by atoms with E-state index in [-0.39, 0.29) is 18.4 Å². The molecule has 7 heteroatoms. The Balaban J connectivity index is 1.31. The van der Waals surface area contributed by atoms with Crippen molar-refractivity contribution >= 4 is 11.6 Å². The SMILES string of the molecule is COc1ccc(-c2nnc(COc3ccc(NC(=O)C4CCCC4)cc3)o2)cc1. The van der Waals surface area contributed by atoms with Gasteiger partial charge in [0.2, 0.25) is 11.8 Å². The first kappa shape index (κ1) is 19.0. The van der Waals surface area contributed by atoms with Gasteiger partial charge < -0.3 is 19.2 Å². The average molecular weight is 393 g/mol. The topological polar surface area (TPSA) is 86.5 Å². The van der Waals surface area contributed by atoms with Gasteiger partial charge in [0.25, 0.3) is 5.89 Å². The fourth-order valence-electron chi connectivity index (χ4n) is 3.37. The monoisotopic (exact) mass is 393 g/mol. The first-order valence-corrected chi connectivity index (χ1v) is 9.72. The van der Waals surface area contributed by atoms with E-state index in [1.807, 2.05) is 48.5 Å². The van der Waals surface area contributed by atoms with Crippen molar-refractivity contribution in [1.82, 2.24) is 10.2 Å². The highest BCUT2D eigenvalue weighted by Crippen LogP contribution is 2.26. The maximum Gasteiger partial charge on any atom is 0.254 e. The number of benzene rings is 2. The molecule has 1 aromatic heterocycles.